The van der Waals surface area contributed by atoms with Crippen LogP contribution in [0, 0.1) is 12.7 Å². The highest BCUT2D eigenvalue weighted by Crippen LogP contribution is 2.21. The summed E-state index contributed by atoms with van der Waals surface area (Å²) in [6.45, 7) is 2.40. The lowest BCUT2D eigenvalue weighted by molar-refractivity contribution is 0.240. The first-order valence-corrected chi connectivity index (χ1v) is 8.38. The second-order valence-corrected chi connectivity index (χ2v) is 6.17. The molecule has 0 saturated heterocycles. The molecule has 0 fully saturated rings. The number of hydrogen-bond acceptors (Lipinski definition) is 2. The van der Waals surface area contributed by atoms with Gasteiger partial charge in [-0.2, -0.15) is 0 Å². The summed E-state index contributed by atoms with van der Waals surface area (Å²) < 4.78 is 18.7. The van der Waals surface area contributed by atoms with Crippen molar-refractivity contribution in [2.75, 3.05) is 7.11 Å². The molecule has 0 aliphatic rings. The molecular formula is C21H21FN2O2. The summed E-state index contributed by atoms with van der Waals surface area (Å²) >= 11 is 0. The van der Waals surface area contributed by atoms with Gasteiger partial charge in [0, 0.05) is 13.1 Å². The van der Waals surface area contributed by atoms with Crippen molar-refractivity contribution in [1.82, 2.24) is 10.6 Å². The fourth-order valence-corrected chi connectivity index (χ4v) is 2.68. The number of urea groups is 1. The minimum Gasteiger partial charge on any atom is -0.497 e. The number of methoxy groups -OCH3 is 1. The van der Waals surface area contributed by atoms with Crippen LogP contribution in [0.4, 0.5) is 9.18 Å². The molecule has 0 heterocycles. The molecule has 0 atom stereocenters. The number of carbonyl (C=O) groups excluding carboxylic acids is 1. The van der Waals surface area contributed by atoms with Crippen LogP contribution in [-0.2, 0) is 13.1 Å². The number of halogens is 1. The van der Waals surface area contributed by atoms with Gasteiger partial charge in [-0.25, -0.2) is 9.18 Å². The van der Waals surface area contributed by atoms with Crippen LogP contribution in [0.2, 0.25) is 0 Å². The van der Waals surface area contributed by atoms with Gasteiger partial charge in [0.1, 0.15) is 11.6 Å². The Bertz CT molecular complexity index is 940. The standard InChI is InChI=1S/C21H21FN2O2/c1-14-3-4-16(10-20(14)22)13-24-21(25)23-12-15-5-6-18-11-19(26-2)8-7-17(18)9-15/h3-11H,12-13H2,1-2H3,(H2,23,24,25). The summed E-state index contributed by atoms with van der Waals surface area (Å²) in [6.07, 6.45) is 0. The second kappa shape index (κ2) is 7.87. The Balaban J connectivity index is 1.55. The number of hydrogen-bond donors (Lipinski definition) is 2. The van der Waals surface area contributed by atoms with Crippen LogP contribution in [0.3, 0.4) is 0 Å². The van der Waals surface area contributed by atoms with E-state index in [1.165, 1.54) is 6.07 Å². The third-order valence-corrected chi connectivity index (χ3v) is 4.25. The number of carbonyl (C=O) groups is 1. The molecule has 0 aromatic heterocycles. The molecule has 134 valence electrons. The summed E-state index contributed by atoms with van der Waals surface area (Å²) in [7, 11) is 1.64. The average molecular weight is 352 g/mol. The van der Waals surface area contributed by atoms with Crippen LogP contribution in [0.25, 0.3) is 10.8 Å². The highest BCUT2D eigenvalue weighted by Gasteiger charge is 2.04. The summed E-state index contributed by atoms with van der Waals surface area (Å²) in [5, 5.41) is 7.72. The highest BCUT2D eigenvalue weighted by molar-refractivity contribution is 5.84. The van der Waals surface area contributed by atoms with E-state index in [0.29, 0.717) is 12.1 Å². The van der Waals surface area contributed by atoms with Gasteiger partial charge in [0.15, 0.2) is 0 Å². The molecule has 2 N–H and O–H groups in total. The fraction of sp³-hybridized carbons (Fsp3) is 0.190. The molecule has 0 radical (unpaired) electrons. The van der Waals surface area contributed by atoms with Gasteiger partial charge in [-0.1, -0.05) is 30.3 Å². The summed E-state index contributed by atoms with van der Waals surface area (Å²) in [4.78, 5) is 12.0. The van der Waals surface area contributed by atoms with Crippen molar-refractivity contribution in [2.24, 2.45) is 0 Å². The summed E-state index contributed by atoms with van der Waals surface area (Å²) in [5.41, 5.74) is 2.31. The largest absolute Gasteiger partial charge is 0.497 e. The molecule has 5 heteroatoms. The van der Waals surface area contributed by atoms with Gasteiger partial charge in [-0.3, -0.25) is 0 Å². The molecule has 0 aliphatic carbocycles. The maximum Gasteiger partial charge on any atom is 0.315 e. The predicted molar refractivity (Wildman–Crippen MR) is 101 cm³/mol. The molecule has 0 unspecified atom stereocenters. The maximum atomic E-state index is 13.5. The van der Waals surface area contributed by atoms with Gasteiger partial charge in [0.2, 0.25) is 0 Å². The number of fused-ring (bicyclic) bond motifs is 1. The van der Waals surface area contributed by atoms with E-state index in [4.69, 9.17) is 4.74 Å². The average Bonchev–Trinajstić information content (AvgIpc) is 2.66. The zero-order chi connectivity index (χ0) is 18.5. The quantitative estimate of drug-likeness (QED) is 0.719. The molecule has 26 heavy (non-hydrogen) atoms. The Labute approximate surface area is 152 Å². The molecule has 3 aromatic rings. The fourth-order valence-electron chi connectivity index (χ4n) is 2.68. The van der Waals surface area contributed by atoms with Crippen LogP contribution in [-0.4, -0.2) is 13.1 Å². The Morgan fingerprint density at radius 3 is 2.23 bits per heavy atom. The van der Waals surface area contributed by atoms with E-state index in [1.54, 1.807) is 26.2 Å². The maximum absolute atomic E-state index is 13.5. The van der Waals surface area contributed by atoms with Crippen LogP contribution < -0.4 is 15.4 Å². The van der Waals surface area contributed by atoms with Crippen molar-refractivity contribution in [3.63, 3.8) is 0 Å². The Kier molecular flexibility index (Phi) is 5.37. The van der Waals surface area contributed by atoms with E-state index in [9.17, 15) is 9.18 Å². The van der Waals surface area contributed by atoms with E-state index < -0.39 is 0 Å². The van der Waals surface area contributed by atoms with Crippen LogP contribution in [0.1, 0.15) is 16.7 Å². The molecule has 3 rings (SSSR count). The minimum absolute atomic E-state index is 0.266. The molecule has 0 spiro atoms. The minimum atomic E-state index is -0.291. The number of benzene rings is 3. The topological polar surface area (TPSA) is 50.4 Å². The number of aryl methyl sites for hydroxylation is 1. The van der Waals surface area contributed by atoms with Gasteiger partial charge in [-0.05, 0) is 58.7 Å². The zero-order valence-electron chi connectivity index (χ0n) is 14.8. The van der Waals surface area contributed by atoms with E-state index in [2.05, 4.69) is 10.6 Å². The molecule has 0 saturated carbocycles. The normalized spacial score (nSPS) is 10.6. The Hall–Kier alpha value is -3.08. The van der Waals surface area contributed by atoms with Gasteiger partial charge in [0.05, 0.1) is 7.11 Å². The predicted octanol–water partition coefficient (Wildman–Crippen LogP) is 4.30. The lowest BCUT2D eigenvalue weighted by atomic mass is 10.1. The summed E-state index contributed by atoms with van der Waals surface area (Å²) in [5.74, 6) is 0.549. The number of nitrogens with one attached hydrogen (secondary N) is 2. The van der Waals surface area contributed by atoms with E-state index in [-0.39, 0.29) is 18.4 Å². The van der Waals surface area contributed by atoms with Crippen molar-refractivity contribution < 1.29 is 13.9 Å². The number of amides is 2. The van der Waals surface area contributed by atoms with Gasteiger partial charge >= 0.3 is 6.03 Å². The monoisotopic (exact) mass is 352 g/mol. The van der Waals surface area contributed by atoms with Crippen molar-refractivity contribution >= 4 is 16.8 Å². The molecular weight excluding hydrogens is 331 g/mol. The third kappa shape index (κ3) is 4.30. The summed E-state index contributed by atoms with van der Waals surface area (Å²) in [6, 6.07) is 16.5. The first-order valence-electron chi connectivity index (χ1n) is 8.38. The van der Waals surface area contributed by atoms with Crippen LogP contribution in [0.15, 0.2) is 54.6 Å². The third-order valence-electron chi connectivity index (χ3n) is 4.25. The van der Waals surface area contributed by atoms with Gasteiger partial charge < -0.3 is 15.4 Å². The lowest BCUT2D eigenvalue weighted by Crippen LogP contribution is -2.34. The van der Waals surface area contributed by atoms with Crippen LogP contribution >= 0.6 is 0 Å². The van der Waals surface area contributed by atoms with Crippen molar-refractivity contribution in [2.45, 2.75) is 20.0 Å². The SMILES string of the molecule is COc1ccc2cc(CNC(=O)NCc3ccc(C)c(F)c3)ccc2c1. The Morgan fingerprint density at radius 1 is 0.923 bits per heavy atom. The number of ether oxygens (including phenoxy) is 1. The first kappa shape index (κ1) is 17.7. The first-order chi connectivity index (χ1) is 12.5. The van der Waals surface area contributed by atoms with Crippen LogP contribution in [0.5, 0.6) is 5.75 Å². The molecule has 0 bridgehead atoms. The van der Waals surface area contributed by atoms with Crippen molar-refractivity contribution in [3.8, 4) is 5.75 Å². The van der Waals surface area contributed by atoms with Gasteiger partial charge in [-0.15, -0.1) is 0 Å². The molecule has 4 nitrogen and oxygen atoms in total. The Morgan fingerprint density at radius 2 is 1.54 bits per heavy atom. The second-order valence-electron chi connectivity index (χ2n) is 6.17. The van der Waals surface area contributed by atoms with E-state index >= 15 is 0 Å². The highest BCUT2D eigenvalue weighted by atomic mass is 19.1. The zero-order valence-corrected chi connectivity index (χ0v) is 14.8. The van der Waals surface area contributed by atoms with E-state index in [0.717, 1.165) is 27.6 Å². The van der Waals surface area contributed by atoms with E-state index in [1.807, 2.05) is 36.4 Å². The lowest BCUT2D eigenvalue weighted by Gasteiger charge is -2.09. The molecule has 3 aromatic carbocycles. The van der Waals surface area contributed by atoms with Crippen molar-refractivity contribution in [1.29, 1.82) is 0 Å². The smallest absolute Gasteiger partial charge is 0.315 e. The molecule has 0 aliphatic heterocycles. The number of rotatable bonds is 5. The van der Waals surface area contributed by atoms with Crippen molar-refractivity contribution in [3.05, 3.63) is 77.1 Å². The van der Waals surface area contributed by atoms with Gasteiger partial charge in [0.25, 0.3) is 0 Å². The molecule has 2 amide bonds.